The number of aromatic hydroxyl groups is 1. The van der Waals surface area contributed by atoms with Crippen LogP contribution in [0.25, 0.3) is 0 Å². The number of carbonyl (C=O) groups excluding carboxylic acids is 4. The van der Waals surface area contributed by atoms with Gasteiger partial charge in [-0.2, -0.15) is 0 Å². The number of amides is 4. The van der Waals surface area contributed by atoms with Gasteiger partial charge in [0.2, 0.25) is 23.6 Å². The van der Waals surface area contributed by atoms with Gasteiger partial charge >= 0.3 is 5.97 Å². The number of nitrogens with two attached hydrogens (primary N) is 2. The van der Waals surface area contributed by atoms with E-state index in [9.17, 15) is 39.3 Å². The number of hydrogen-bond donors (Lipinski definition) is 8. The second-order valence-electron chi connectivity index (χ2n) is 8.48. The van der Waals surface area contributed by atoms with Crippen molar-refractivity contribution >= 4 is 29.6 Å². The second kappa shape index (κ2) is 13.9. The molecule has 194 valence electrons. The maximum Gasteiger partial charge on any atom is 0.326 e. The summed E-state index contributed by atoms with van der Waals surface area (Å²) in [6.45, 7) is 2.88. The molecule has 10 N–H and O–H groups in total. The third-order valence-electron chi connectivity index (χ3n) is 4.91. The lowest BCUT2D eigenvalue weighted by atomic mass is 10.0. The number of aliphatic hydroxyl groups is 1. The quantitative estimate of drug-likeness (QED) is 0.138. The Morgan fingerprint density at radius 1 is 0.886 bits per heavy atom. The number of phenols is 1. The summed E-state index contributed by atoms with van der Waals surface area (Å²) in [4.78, 5) is 60.6. The summed E-state index contributed by atoms with van der Waals surface area (Å²) >= 11 is 0. The number of carbonyl (C=O) groups is 5. The molecular weight excluding hydrogens is 462 g/mol. The molecular formula is C22H33N5O8. The molecule has 0 saturated heterocycles. The van der Waals surface area contributed by atoms with Crippen LogP contribution in [0.4, 0.5) is 0 Å². The smallest absolute Gasteiger partial charge is 0.326 e. The average molecular weight is 496 g/mol. The molecule has 0 radical (unpaired) electrons. The lowest BCUT2D eigenvalue weighted by molar-refractivity contribution is -0.142. The van der Waals surface area contributed by atoms with E-state index in [0.717, 1.165) is 0 Å². The van der Waals surface area contributed by atoms with Crippen LogP contribution in [-0.4, -0.2) is 75.7 Å². The number of aliphatic hydroxyl groups excluding tert-OH is 1. The van der Waals surface area contributed by atoms with Gasteiger partial charge in [0.15, 0.2) is 0 Å². The summed E-state index contributed by atoms with van der Waals surface area (Å²) in [5.74, 6) is -4.96. The van der Waals surface area contributed by atoms with E-state index in [1.165, 1.54) is 24.3 Å². The predicted octanol–water partition coefficient (Wildman–Crippen LogP) is -2.29. The fourth-order valence-corrected chi connectivity index (χ4v) is 3.11. The highest BCUT2D eigenvalue weighted by molar-refractivity contribution is 5.96. The minimum absolute atomic E-state index is 0.0235. The van der Waals surface area contributed by atoms with Crippen molar-refractivity contribution in [2.45, 2.75) is 57.3 Å². The first-order chi connectivity index (χ1) is 16.3. The van der Waals surface area contributed by atoms with Crippen LogP contribution < -0.4 is 27.4 Å². The van der Waals surface area contributed by atoms with Gasteiger partial charge in [0.1, 0.15) is 23.9 Å². The number of aliphatic carboxylic acids is 1. The van der Waals surface area contributed by atoms with Gasteiger partial charge < -0.3 is 42.7 Å². The maximum atomic E-state index is 12.7. The van der Waals surface area contributed by atoms with Crippen molar-refractivity contribution in [1.82, 2.24) is 16.0 Å². The van der Waals surface area contributed by atoms with E-state index in [1.54, 1.807) is 0 Å². The molecule has 13 heteroatoms. The summed E-state index contributed by atoms with van der Waals surface area (Å²) in [5, 5.41) is 35.1. The maximum absolute atomic E-state index is 12.7. The van der Waals surface area contributed by atoms with Gasteiger partial charge in [0, 0.05) is 6.42 Å². The Kier molecular flexibility index (Phi) is 11.6. The number of primary amides is 1. The molecule has 0 aliphatic heterocycles. The molecule has 0 bridgehead atoms. The molecule has 4 atom stereocenters. The zero-order valence-corrected chi connectivity index (χ0v) is 19.6. The highest BCUT2D eigenvalue weighted by atomic mass is 16.4. The summed E-state index contributed by atoms with van der Waals surface area (Å²) in [5.41, 5.74) is 11.4. The van der Waals surface area contributed by atoms with Crippen LogP contribution in [0.1, 0.15) is 32.3 Å². The highest BCUT2D eigenvalue weighted by Gasteiger charge is 2.31. The van der Waals surface area contributed by atoms with Crippen LogP contribution in [0, 0.1) is 5.92 Å². The van der Waals surface area contributed by atoms with Crippen molar-refractivity contribution in [3.8, 4) is 5.75 Å². The fourth-order valence-electron chi connectivity index (χ4n) is 3.11. The summed E-state index contributed by atoms with van der Waals surface area (Å²) in [7, 11) is 0. The highest BCUT2D eigenvalue weighted by Crippen LogP contribution is 2.12. The van der Waals surface area contributed by atoms with Gasteiger partial charge in [-0.15, -0.1) is 0 Å². The molecule has 13 nitrogen and oxygen atoms in total. The summed E-state index contributed by atoms with van der Waals surface area (Å²) < 4.78 is 0. The van der Waals surface area contributed by atoms with E-state index >= 15 is 0 Å². The zero-order valence-electron chi connectivity index (χ0n) is 19.6. The van der Waals surface area contributed by atoms with Crippen molar-refractivity contribution in [3.63, 3.8) is 0 Å². The monoisotopic (exact) mass is 495 g/mol. The average Bonchev–Trinajstić information content (AvgIpc) is 2.76. The Bertz CT molecular complexity index is 906. The van der Waals surface area contributed by atoms with Gasteiger partial charge in [-0.3, -0.25) is 19.2 Å². The van der Waals surface area contributed by atoms with Crippen LogP contribution in [0.3, 0.4) is 0 Å². The van der Waals surface area contributed by atoms with E-state index in [2.05, 4.69) is 16.0 Å². The molecule has 4 unspecified atom stereocenters. The third-order valence-corrected chi connectivity index (χ3v) is 4.91. The normalized spacial score (nSPS) is 14.3. The molecule has 1 aromatic carbocycles. The van der Waals surface area contributed by atoms with Gasteiger partial charge in [-0.1, -0.05) is 26.0 Å². The standard InChI is InChI=1S/C22H33N5O8/c1-11(2)7-14(23)19(31)27-17(10-28)21(33)25-15(9-18(24)30)20(32)26-16(22(34)35)8-12-3-5-13(29)6-4-12/h3-6,11,14-17,28-29H,7-10,23H2,1-2H3,(H2,24,30)(H,25,33)(H,26,32)(H,27,31)(H,34,35). The molecule has 0 heterocycles. The fraction of sp³-hybridized carbons (Fsp3) is 0.500. The minimum Gasteiger partial charge on any atom is -0.508 e. The van der Waals surface area contributed by atoms with E-state index in [-0.39, 0.29) is 18.1 Å². The van der Waals surface area contributed by atoms with Crippen molar-refractivity contribution < 1.29 is 39.3 Å². The topological polar surface area (TPSA) is 234 Å². The van der Waals surface area contributed by atoms with E-state index in [0.29, 0.717) is 12.0 Å². The first-order valence-corrected chi connectivity index (χ1v) is 10.9. The molecule has 0 fully saturated rings. The van der Waals surface area contributed by atoms with Gasteiger partial charge in [-0.05, 0) is 30.0 Å². The first-order valence-electron chi connectivity index (χ1n) is 10.9. The number of carboxylic acids is 1. The Morgan fingerprint density at radius 2 is 1.40 bits per heavy atom. The zero-order chi connectivity index (χ0) is 26.7. The Labute approximate surface area is 202 Å². The lowest BCUT2D eigenvalue weighted by Crippen LogP contribution is -2.58. The molecule has 0 spiro atoms. The number of hydrogen-bond acceptors (Lipinski definition) is 8. The first kappa shape index (κ1) is 29.3. The van der Waals surface area contributed by atoms with Crippen LogP contribution in [-0.2, 0) is 30.4 Å². The Hall–Kier alpha value is -3.71. The molecule has 35 heavy (non-hydrogen) atoms. The van der Waals surface area contributed by atoms with Crippen LogP contribution in [0.15, 0.2) is 24.3 Å². The van der Waals surface area contributed by atoms with Crippen molar-refractivity contribution in [1.29, 1.82) is 0 Å². The van der Waals surface area contributed by atoms with Crippen molar-refractivity contribution in [2.75, 3.05) is 6.61 Å². The van der Waals surface area contributed by atoms with Gasteiger partial charge in [0.25, 0.3) is 0 Å². The minimum atomic E-state index is -1.57. The van der Waals surface area contributed by atoms with E-state index in [1.807, 2.05) is 13.8 Å². The number of rotatable bonds is 14. The molecule has 1 rings (SSSR count). The van der Waals surface area contributed by atoms with Crippen molar-refractivity contribution in [3.05, 3.63) is 29.8 Å². The number of carboxylic acid groups (broad SMARTS) is 1. The van der Waals surface area contributed by atoms with Crippen LogP contribution >= 0.6 is 0 Å². The molecule has 0 aromatic heterocycles. The molecule has 4 amide bonds. The van der Waals surface area contributed by atoms with Crippen LogP contribution in [0.5, 0.6) is 5.75 Å². The van der Waals surface area contributed by atoms with Crippen LogP contribution in [0.2, 0.25) is 0 Å². The molecule has 0 aliphatic rings. The van der Waals surface area contributed by atoms with Gasteiger partial charge in [0.05, 0.1) is 19.1 Å². The Balaban J connectivity index is 2.92. The number of benzene rings is 1. The lowest BCUT2D eigenvalue weighted by Gasteiger charge is -2.24. The molecule has 0 aliphatic carbocycles. The summed E-state index contributed by atoms with van der Waals surface area (Å²) in [6.07, 6.45) is -0.486. The SMILES string of the molecule is CC(C)CC(N)C(=O)NC(CO)C(=O)NC(CC(N)=O)C(=O)NC(Cc1ccc(O)cc1)C(=O)O. The largest absolute Gasteiger partial charge is 0.508 e. The molecule has 0 saturated carbocycles. The molecule has 1 aromatic rings. The van der Waals surface area contributed by atoms with E-state index in [4.69, 9.17) is 11.5 Å². The number of nitrogens with one attached hydrogen (secondary N) is 3. The Morgan fingerprint density at radius 3 is 1.89 bits per heavy atom. The van der Waals surface area contributed by atoms with Gasteiger partial charge in [-0.25, -0.2) is 4.79 Å². The van der Waals surface area contributed by atoms with E-state index < -0.39 is 66.8 Å². The number of phenolic OH excluding ortho intramolecular Hbond substituents is 1. The predicted molar refractivity (Wildman–Crippen MR) is 124 cm³/mol. The third kappa shape index (κ3) is 10.4. The second-order valence-corrected chi connectivity index (χ2v) is 8.48. The van der Waals surface area contributed by atoms with Crippen molar-refractivity contribution in [2.24, 2.45) is 17.4 Å². The summed E-state index contributed by atoms with van der Waals surface area (Å²) in [6, 6.07) is 0.232.